The van der Waals surface area contributed by atoms with Gasteiger partial charge in [0.1, 0.15) is 0 Å². The fourth-order valence-corrected chi connectivity index (χ4v) is 1.17. The van der Waals surface area contributed by atoms with E-state index in [0.29, 0.717) is 5.69 Å². The number of hydrogen-bond acceptors (Lipinski definition) is 3. The molecule has 0 saturated carbocycles. The first-order valence-electron chi connectivity index (χ1n) is 4.22. The van der Waals surface area contributed by atoms with Crippen LogP contribution in [-0.2, 0) is 0 Å². The minimum absolute atomic E-state index is 0.520. The van der Waals surface area contributed by atoms with Gasteiger partial charge in [0.15, 0.2) is 0 Å². The van der Waals surface area contributed by atoms with Crippen molar-refractivity contribution in [1.82, 2.24) is 15.0 Å². The molecule has 0 radical (unpaired) electrons. The summed E-state index contributed by atoms with van der Waals surface area (Å²) in [5.41, 5.74) is 1.34. The van der Waals surface area contributed by atoms with Gasteiger partial charge in [0.2, 0.25) is 0 Å². The minimum Gasteiger partial charge on any atom is -0.465 e. The summed E-state index contributed by atoms with van der Waals surface area (Å²) in [5, 5.41) is 18.2. The lowest BCUT2D eigenvalue weighted by Gasteiger charge is -2.02. The van der Waals surface area contributed by atoms with Crippen molar-refractivity contribution in [2.45, 2.75) is 0 Å². The summed E-state index contributed by atoms with van der Waals surface area (Å²) in [5.74, 6) is 0. The lowest BCUT2D eigenvalue weighted by Crippen LogP contribution is -2.07. The van der Waals surface area contributed by atoms with Crippen LogP contribution < -0.4 is 5.32 Å². The largest absolute Gasteiger partial charge is 0.465 e. The van der Waals surface area contributed by atoms with Crippen molar-refractivity contribution in [3.63, 3.8) is 0 Å². The highest BCUT2D eigenvalue weighted by atomic mass is 16.4. The highest BCUT2D eigenvalue weighted by molar-refractivity contribution is 5.82. The van der Waals surface area contributed by atoms with Crippen LogP contribution in [-0.4, -0.2) is 26.2 Å². The highest BCUT2D eigenvalue weighted by Crippen LogP contribution is 2.11. The average Bonchev–Trinajstić information content (AvgIpc) is 2.71. The molecular formula is C9H8N4O2. The van der Waals surface area contributed by atoms with E-state index in [1.165, 1.54) is 0 Å². The summed E-state index contributed by atoms with van der Waals surface area (Å²) >= 11 is 0. The molecule has 1 aromatic carbocycles. The molecule has 0 aliphatic rings. The van der Waals surface area contributed by atoms with Crippen LogP contribution >= 0.6 is 0 Å². The molecule has 1 aromatic heterocycles. The molecule has 0 saturated heterocycles. The summed E-state index contributed by atoms with van der Waals surface area (Å²) < 4.78 is 1.59. The molecule has 1 amide bonds. The molecule has 2 rings (SSSR count). The fourth-order valence-electron chi connectivity index (χ4n) is 1.17. The fraction of sp³-hybridized carbons (Fsp3) is 0. The number of hydrogen-bond donors (Lipinski definition) is 2. The minimum atomic E-state index is -1.08. The van der Waals surface area contributed by atoms with E-state index in [2.05, 4.69) is 15.6 Å². The maximum atomic E-state index is 10.3. The summed E-state index contributed by atoms with van der Waals surface area (Å²) in [6.45, 7) is 0. The third-order valence-electron chi connectivity index (χ3n) is 1.81. The molecule has 0 aliphatic carbocycles. The van der Waals surface area contributed by atoms with Gasteiger partial charge >= 0.3 is 6.09 Å². The summed E-state index contributed by atoms with van der Waals surface area (Å²) in [6.07, 6.45) is 2.20. The molecule has 2 aromatic rings. The van der Waals surface area contributed by atoms with E-state index in [9.17, 15) is 4.79 Å². The second-order valence-corrected chi connectivity index (χ2v) is 2.82. The topological polar surface area (TPSA) is 80.0 Å². The van der Waals surface area contributed by atoms with Gasteiger partial charge in [-0.05, 0) is 24.3 Å². The third kappa shape index (κ3) is 2.11. The van der Waals surface area contributed by atoms with Crippen LogP contribution in [0.25, 0.3) is 5.69 Å². The van der Waals surface area contributed by atoms with E-state index in [1.807, 2.05) is 0 Å². The zero-order valence-corrected chi connectivity index (χ0v) is 7.66. The number of rotatable bonds is 2. The number of carbonyl (C=O) groups is 1. The number of aromatic nitrogens is 3. The molecule has 1 heterocycles. The Hall–Kier alpha value is -2.37. The second kappa shape index (κ2) is 3.79. The number of carboxylic acid groups (broad SMARTS) is 1. The summed E-state index contributed by atoms with van der Waals surface area (Å²) in [6, 6.07) is 6.82. The predicted molar refractivity (Wildman–Crippen MR) is 53.0 cm³/mol. The van der Waals surface area contributed by atoms with E-state index in [0.717, 1.165) is 5.69 Å². The van der Waals surface area contributed by atoms with Gasteiger partial charge in [-0.15, -0.1) is 5.10 Å². The van der Waals surface area contributed by atoms with Gasteiger partial charge in [0.05, 0.1) is 18.1 Å². The molecule has 76 valence electrons. The van der Waals surface area contributed by atoms with Crippen LogP contribution in [0.15, 0.2) is 36.7 Å². The lowest BCUT2D eigenvalue weighted by molar-refractivity contribution is 0.210. The van der Waals surface area contributed by atoms with Crippen LogP contribution in [0.5, 0.6) is 0 Å². The SMILES string of the molecule is O=C(O)Nc1ccc(-n2ccnn2)cc1. The van der Waals surface area contributed by atoms with Gasteiger partial charge in [-0.25, -0.2) is 9.48 Å². The van der Waals surface area contributed by atoms with E-state index < -0.39 is 6.09 Å². The average molecular weight is 204 g/mol. The Bertz CT molecular complexity index is 449. The summed E-state index contributed by atoms with van der Waals surface area (Å²) in [7, 11) is 0. The van der Waals surface area contributed by atoms with Crippen molar-refractivity contribution >= 4 is 11.8 Å². The van der Waals surface area contributed by atoms with E-state index in [1.54, 1.807) is 41.3 Å². The number of benzene rings is 1. The quantitative estimate of drug-likeness (QED) is 0.773. The van der Waals surface area contributed by atoms with Crippen molar-refractivity contribution in [2.24, 2.45) is 0 Å². The van der Waals surface area contributed by atoms with Crippen LogP contribution in [0.1, 0.15) is 0 Å². The molecule has 0 spiro atoms. The Balaban J connectivity index is 2.21. The Morgan fingerprint density at radius 3 is 2.60 bits per heavy atom. The zero-order valence-electron chi connectivity index (χ0n) is 7.66. The highest BCUT2D eigenvalue weighted by Gasteiger charge is 1.99. The number of nitrogens with one attached hydrogen (secondary N) is 1. The normalized spacial score (nSPS) is 9.87. The molecule has 6 heteroatoms. The second-order valence-electron chi connectivity index (χ2n) is 2.82. The van der Waals surface area contributed by atoms with Crippen molar-refractivity contribution in [2.75, 3.05) is 5.32 Å². The Labute approximate surface area is 85.2 Å². The first-order chi connectivity index (χ1) is 7.25. The first-order valence-corrected chi connectivity index (χ1v) is 4.22. The molecule has 15 heavy (non-hydrogen) atoms. The van der Waals surface area contributed by atoms with Crippen LogP contribution in [0, 0.1) is 0 Å². The van der Waals surface area contributed by atoms with Crippen LogP contribution in [0.3, 0.4) is 0 Å². The Morgan fingerprint density at radius 1 is 1.33 bits per heavy atom. The number of amides is 1. The predicted octanol–water partition coefficient (Wildman–Crippen LogP) is 1.36. The van der Waals surface area contributed by atoms with Crippen LogP contribution in [0.2, 0.25) is 0 Å². The van der Waals surface area contributed by atoms with Crippen molar-refractivity contribution in [3.05, 3.63) is 36.7 Å². The van der Waals surface area contributed by atoms with Crippen LogP contribution in [0.4, 0.5) is 10.5 Å². The third-order valence-corrected chi connectivity index (χ3v) is 1.81. The summed E-state index contributed by atoms with van der Waals surface area (Å²) in [4.78, 5) is 10.3. The molecule has 0 bridgehead atoms. The molecule has 6 nitrogen and oxygen atoms in total. The molecule has 0 unspecified atom stereocenters. The lowest BCUT2D eigenvalue weighted by atomic mass is 10.3. The molecular weight excluding hydrogens is 196 g/mol. The van der Waals surface area contributed by atoms with E-state index in [4.69, 9.17) is 5.11 Å². The molecule has 0 atom stereocenters. The van der Waals surface area contributed by atoms with E-state index >= 15 is 0 Å². The van der Waals surface area contributed by atoms with Crippen molar-refractivity contribution < 1.29 is 9.90 Å². The standard InChI is InChI=1S/C9H8N4O2/c14-9(15)11-7-1-3-8(4-2-7)13-6-5-10-12-13/h1-6,11H,(H,14,15). The number of nitrogens with zero attached hydrogens (tertiary/aromatic N) is 3. The molecule has 0 fully saturated rings. The van der Waals surface area contributed by atoms with Gasteiger partial charge in [0, 0.05) is 5.69 Å². The smallest absolute Gasteiger partial charge is 0.409 e. The van der Waals surface area contributed by atoms with Gasteiger partial charge < -0.3 is 5.11 Å². The van der Waals surface area contributed by atoms with Crippen molar-refractivity contribution in [1.29, 1.82) is 0 Å². The maximum absolute atomic E-state index is 10.3. The van der Waals surface area contributed by atoms with Crippen molar-refractivity contribution in [3.8, 4) is 5.69 Å². The zero-order chi connectivity index (χ0) is 10.7. The maximum Gasteiger partial charge on any atom is 0.409 e. The van der Waals surface area contributed by atoms with Gasteiger partial charge in [-0.2, -0.15) is 0 Å². The first kappa shape index (κ1) is 9.20. The Morgan fingerprint density at radius 2 is 2.07 bits per heavy atom. The van der Waals surface area contributed by atoms with E-state index in [-0.39, 0.29) is 0 Å². The molecule has 0 aliphatic heterocycles. The number of anilines is 1. The molecule has 2 N–H and O–H groups in total. The van der Waals surface area contributed by atoms with Gasteiger partial charge in [-0.3, -0.25) is 5.32 Å². The van der Waals surface area contributed by atoms with Gasteiger partial charge in [0.25, 0.3) is 0 Å². The van der Waals surface area contributed by atoms with Gasteiger partial charge in [-0.1, -0.05) is 5.21 Å². The Kier molecular flexibility index (Phi) is 2.32. The monoisotopic (exact) mass is 204 g/mol.